The summed E-state index contributed by atoms with van der Waals surface area (Å²) in [5.41, 5.74) is 2.06. The molecular weight excluding hydrogens is 444 g/mol. The Morgan fingerprint density at radius 1 is 1.03 bits per heavy atom. The number of hydrogen-bond acceptors (Lipinski definition) is 4. The van der Waals surface area contributed by atoms with Gasteiger partial charge >= 0.3 is 0 Å². The van der Waals surface area contributed by atoms with Crippen molar-refractivity contribution < 1.29 is 14.3 Å². The number of benzene rings is 2. The Hall–Kier alpha value is -2.18. The molecule has 0 aliphatic heterocycles. The van der Waals surface area contributed by atoms with Crippen molar-refractivity contribution in [3.63, 3.8) is 0 Å². The zero-order chi connectivity index (χ0) is 23.5. The highest BCUT2D eigenvalue weighted by atomic mass is 35.5. The number of nitrogens with zero attached hydrogens (tertiary/aromatic N) is 1. The smallest absolute Gasteiger partial charge is 0.243 e. The van der Waals surface area contributed by atoms with E-state index >= 15 is 0 Å². The van der Waals surface area contributed by atoms with Gasteiger partial charge in [-0.2, -0.15) is 0 Å². The van der Waals surface area contributed by atoms with Crippen LogP contribution in [0.25, 0.3) is 0 Å². The lowest BCUT2D eigenvalue weighted by Crippen LogP contribution is -2.51. The highest BCUT2D eigenvalue weighted by Gasteiger charge is 2.29. The first kappa shape index (κ1) is 26.1. The standard InChI is InChI=1S/C25H33ClN2O3S/c1-5-18(3)27-25(30)23(6-2)28(15-19-9-13-22(31-4)14-10-19)24(29)17-32-16-20-7-11-21(26)12-8-20/h7-14,18,23H,5-6,15-17H2,1-4H3,(H,27,30). The molecule has 5 nitrogen and oxygen atoms in total. The molecule has 0 radical (unpaired) electrons. The summed E-state index contributed by atoms with van der Waals surface area (Å²) in [7, 11) is 1.62. The lowest BCUT2D eigenvalue weighted by molar-refractivity contribution is -0.139. The topological polar surface area (TPSA) is 58.6 Å². The van der Waals surface area contributed by atoms with E-state index in [4.69, 9.17) is 16.3 Å². The van der Waals surface area contributed by atoms with Crippen LogP contribution >= 0.6 is 23.4 Å². The number of hydrogen-bond donors (Lipinski definition) is 1. The van der Waals surface area contributed by atoms with E-state index < -0.39 is 6.04 Å². The van der Waals surface area contributed by atoms with Crippen LogP contribution in [0, 0.1) is 0 Å². The van der Waals surface area contributed by atoms with E-state index in [0.29, 0.717) is 29.5 Å². The van der Waals surface area contributed by atoms with Crippen molar-refractivity contribution in [2.75, 3.05) is 12.9 Å². The van der Waals surface area contributed by atoms with Crippen LogP contribution in [0.1, 0.15) is 44.7 Å². The summed E-state index contributed by atoms with van der Waals surface area (Å²) in [4.78, 5) is 27.9. The average Bonchev–Trinajstić information content (AvgIpc) is 2.80. The molecule has 2 aromatic carbocycles. The third kappa shape index (κ3) is 8.06. The molecule has 0 aliphatic carbocycles. The molecule has 32 heavy (non-hydrogen) atoms. The van der Waals surface area contributed by atoms with Crippen molar-refractivity contribution in [1.29, 1.82) is 0 Å². The monoisotopic (exact) mass is 476 g/mol. The summed E-state index contributed by atoms with van der Waals surface area (Å²) in [6, 6.07) is 14.8. The zero-order valence-electron chi connectivity index (χ0n) is 19.3. The quantitative estimate of drug-likeness (QED) is 0.451. The minimum atomic E-state index is -0.519. The number of carbonyl (C=O) groups excluding carboxylic acids is 2. The second-order valence-corrected chi connectivity index (χ2v) is 9.15. The van der Waals surface area contributed by atoms with Gasteiger partial charge in [-0.1, -0.05) is 49.7 Å². The fourth-order valence-electron chi connectivity index (χ4n) is 3.21. The molecule has 0 spiro atoms. The molecule has 0 fully saturated rings. The van der Waals surface area contributed by atoms with E-state index in [1.54, 1.807) is 12.0 Å². The highest BCUT2D eigenvalue weighted by molar-refractivity contribution is 7.99. The molecule has 2 unspecified atom stereocenters. The number of methoxy groups -OCH3 is 1. The minimum absolute atomic E-state index is 0.0501. The first-order valence-electron chi connectivity index (χ1n) is 10.9. The predicted octanol–water partition coefficient (Wildman–Crippen LogP) is 5.30. The second-order valence-electron chi connectivity index (χ2n) is 7.73. The largest absolute Gasteiger partial charge is 0.497 e. The van der Waals surface area contributed by atoms with Crippen LogP contribution in [0.2, 0.25) is 5.02 Å². The molecule has 2 atom stereocenters. The van der Waals surface area contributed by atoms with Gasteiger partial charge in [0.1, 0.15) is 11.8 Å². The Labute approximate surface area is 200 Å². The highest BCUT2D eigenvalue weighted by Crippen LogP contribution is 2.20. The first-order chi connectivity index (χ1) is 15.4. The normalized spacial score (nSPS) is 12.7. The lowest BCUT2D eigenvalue weighted by Gasteiger charge is -2.31. The molecular formula is C25H33ClN2O3S. The molecule has 2 rings (SSSR count). The van der Waals surface area contributed by atoms with E-state index in [-0.39, 0.29) is 17.9 Å². The van der Waals surface area contributed by atoms with Gasteiger partial charge in [-0.15, -0.1) is 11.8 Å². The van der Waals surface area contributed by atoms with Crippen molar-refractivity contribution >= 4 is 35.2 Å². The molecule has 0 saturated heterocycles. The molecule has 174 valence electrons. The molecule has 0 aromatic heterocycles. The zero-order valence-corrected chi connectivity index (χ0v) is 20.8. The third-order valence-electron chi connectivity index (χ3n) is 5.31. The van der Waals surface area contributed by atoms with Gasteiger partial charge in [0.2, 0.25) is 11.8 Å². The van der Waals surface area contributed by atoms with Crippen molar-refractivity contribution in [3.05, 3.63) is 64.7 Å². The van der Waals surface area contributed by atoms with Crippen LogP contribution in [0.4, 0.5) is 0 Å². The number of thioether (sulfide) groups is 1. The van der Waals surface area contributed by atoms with Gasteiger partial charge in [-0.3, -0.25) is 9.59 Å². The van der Waals surface area contributed by atoms with E-state index in [1.165, 1.54) is 11.8 Å². The van der Waals surface area contributed by atoms with E-state index in [2.05, 4.69) is 5.32 Å². The number of carbonyl (C=O) groups is 2. The van der Waals surface area contributed by atoms with Gasteiger partial charge in [0.25, 0.3) is 0 Å². The molecule has 0 aliphatic rings. The van der Waals surface area contributed by atoms with Crippen LogP contribution in [-0.4, -0.2) is 41.7 Å². The van der Waals surface area contributed by atoms with Gasteiger partial charge < -0.3 is 15.0 Å². The number of ether oxygens (including phenoxy) is 1. The summed E-state index contributed by atoms with van der Waals surface area (Å²) < 4.78 is 5.23. The SMILES string of the molecule is CCC(C)NC(=O)C(CC)N(Cc1ccc(OC)cc1)C(=O)CSCc1ccc(Cl)cc1. The van der Waals surface area contributed by atoms with Gasteiger partial charge in [0.15, 0.2) is 0 Å². The maximum absolute atomic E-state index is 13.3. The second kappa shape index (κ2) is 13.4. The third-order valence-corrected chi connectivity index (χ3v) is 6.55. The fraction of sp³-hybridized carbons (Fsp3) is 0.440. The summed E-state index contributed by atoms with van der Waals surface area (Å²) in [6.45, 7) is 6.31. The van der Waals surface area contributed by atoms with E-state index in [1.807, 2.05) is 69.3 Å². The van der Waals surface area contributed by atoms with Crippen LogP contribution in [-0.2, 0) is 21.9 Å². The Bertz CT molecular complexity index is 858. The van der Waals surface area contributed by atoms with Crippen LogP contribution < -0.4 is 10.1 Å². The molecule has 2 amide bonds. The summed E-state index contributed by atoms with van der Waals surface area (Å²) in [5, 5.41) is 3.73. The van der Waals surface area contributed by atoms with Crippen LogP contribution in [0.15, 0.2) is 48.5 Å². The summed E-state index contributed by atoms with van der Waals surface area (Å²) >= 11 is 7.48. The van der Waals surface area contributed by atoms with E-state index in [9.17, 15) is 9.59 Å². The summed E-state index contributed by atoms with van der Waals surface area (Å²) in [5.74, 6) is 1.60. The molecule has 0 saturated carbocycles. The molecule has 7 heteroatoms. The molecule has 1 N–H and O–H groups in total. The van der Waals surface area contributed by atoms with Crippen molar-refractivity contribution in [2.45, 2.75) is 58.0 Å². The van der Waals surface area contributed by atoms with E-state index in [0.717, 1.165) is 23.3 Å². The van der Waals surface area contributed by atoms with Crippen LogP contribution in [0.5, 0.6) is 5.75 Å². The van der Waals surface area contributed by atoms with Gasteiger partial charge in [0.05, 0.1) is 12.9 Å². The lowest BCUT2D eigenvalue weighted by atomic mass is 10.1. The summed E-state index contributed by atoms with van der Waals surface area (Å²) in [6.07, 6.45) is 1.39. The maximum Gasteiger partial charge on any atom is 0.243 e. The van der Waals surface area contributed by atoms with Crippen LogP contribution in [0.3, 0.4) is 0 Å². The Kier molecular flexibility index (Phi) is 10.9. The van der Waals surface area contributed by atoms with Gasteiger partial charge in [-0.25, -0.2) is 0 Å². The average molecular weight is 477 g/mol. The number of nitrogens with one attached hydrogen (secondary N) is 1. The molecule has 0 heterocycles. The number of amides is 2. The Morgan fingerprint density at radius 3 is 2.22 bits per heavy atom. The fourth-order valence-corrected chi connectivity index (χ4v) is 4.20. The number of halogens is 1. The predicted molar refractivity (Wildman–Crippen MR) is 133 cm³/mol. The Morgan fingerprint density at radius 2 is 1.66 bits per heavy atom. The first-order valence-corrected chi connectivity index (χ1v) is 12.5. The van der Waals surface area contributed by atoms with Crippen molar-refractivity contribution in [1.82, 2.24) is 10.2 Å². The maximum atomic E-state index is 13.3. The molecule has 0 bridgehead atoms. The van der Waals surface area contributed by atoms with Crippen molar-refractivity contribution in [3.8, 4) is 5.75 Å². The molecule has 2 aromatic rings. The Balaban J connectivity index is 2.13. The minimum Gasteiger partial charge on any atom is -0.497 e. The van der Waals surface area contributed by atoms with Gasteiger partial charge in [0, 0.05) is 23.4 Å². The van der Waals surface area contributed by atoms with Crippen molar-refractivity contribution in [2.24, 2.45) is 0 Å². The number of rotatable bonds is 12. The van der Waals surface area contributed by atoms with Gasteiger partial charge in [-0.05, 0) is 55.2 Å².